The number of halogens is 2. The van der Waals surface area contributed by atoms with Gasteiger partial charge < -0.3 is 5.32 Å². The fraction of sp³-hybridized carbons (Fsp3) is 0.133. The maximum Gasteiger partial charge on any atom is 0.251 e. The number of nitrogens with one attached hydrogen (secondary N) is 1. The molecule has 0 aromatic heterocycles. The van der Waals surface area contributed by atoms with E-state index < -0.39 is 21.6 Å². The summed E-state index contributed by atoms with van der Waals surface area (Å²) in [7, 11) is -3.30. The number of hydrogen-bond donors (Lipinski definition) is 1. The van der Waals surface area contributed by atoms with Crippen molar-refractivity contribution >= 4 is 31.7 Å². The molecule has 0 aliphatic rings. The lowest BCUT2D eigenvalue weighted by atomic mass is 10.2. The monoisotopic (exact) mass is 385 g/mol. The molecule has 0 heterocycles. The van der Waals surface area contributed by atoms with Crippen molar-refractivity contribution in [2.45, 2.75) is 11.4 Å². The van der Waals surface area contributed by atoms with Crippen LogP contribution in [0.4, 0.5) is 4.39 Å². The number of hydrogen-bond acceptors (Lipinski definition) is 3. The van der Waals surface area contributed by atoms with E-state index in [1.165, 1.54) is 30.3 Å². The molecule has 0 bridgehead atoms. The zero-order valence-electron chi connectivity index (χ0n) is 11.6. The molecule has 0 radical (unpaired) electrons. The molecule has 0 atom stereocenters. The standard InChI is InChI=1S/C15H13BrFNO3S/c1-22(20,21)13-5-2-10(3-6-13)15(19)18-9-11-8-12(16)4-7-14(11)17/h2-8H,9H2,1H3,(H,18,19). The van der Waals surface area contributed by atoms with Crippen molar-refractivity contribution in [3.8, 4) is 0 Å². The Morgan fingerprint density at radius 3 is 2.41 bits per heavy atom. The van der Waals surface area contributed by atoms with Gasteiger partial charge in [-0.2, -0.15) is 0 Å². The predicted octanol–water partition coefficient (Wildman–Crippen LogP) is 2.92. The molecule has 2 aromatic carbocycles. The molecule has 0 spiro atoms. The third-order valence-electron chi connectivity index (χ3n) is 2.99. The van der Waals surface area contributed by atoms with E-state index >= 15 is 0 Å². The van der Waals surface area contributed by atoms with Crippen molar-refractivity contribution in [3.63, 3.8) is 0 Å². The maximum atomic E-state index is 13.6. The molecule has 0 aliphatic carbocycles. The average molecular weight is 386 g/mol. The van der Waals surface area contributed by atoms with Crippen molar-refractivity contribution in [2.75, 3.05) is 6.26 Å². The van der Waals surface area contributed by atoms with Crippen molar-refractivity contribution in [3.05, 3.63) is 63.9 Å². The highest BCUT2D eigenvalue weighted by molar-refractivity contribution is 9.10. The Labute approximate surface area is 136 Å². The fourth-order valence-electron chi connectivity index (χ4n) is 1.81. The molecule has 7 heteroatoms. The molecule has 22 heavy (non-hydrogen) atoms. The summed E-state index contributed by atoms with van der Waals surface area (Å²) in [4.78, 5) is 12.1. The lowest BCUT2D eigenvalue weighted by molar-refractivity contribution is 0.0950. The Morgan fingerprint density at radius 2 is 1.82 bits per heavy atom. The molecule has 1 N–H and O–H groups in total. The van der Waals surface area contributed by atoms with Gasteiger partial charge in [0.05, 0.1) is 4.90 Å². The van der Waals surface area contributed by atoms with Crippen LogP contribution >= 0.6 is 15.9 Å². The van der Waals surface area contributed by atoms with Gasteiger partial charge in [-0.15, -0.1) is 0 Å². The largest absolute Gasteiger partial charge is 0.348 e. The summed E-state index contributed by atoms with van der Waals surface area (Å²) in [5, 5.41) is 2.59. The van der Waals surface area contributed by atoms with Gasteiger partial charge in [-0.25, -0.2) is 12.8 Å². The SMILES string of the molecule is CS(=O)(=O)c1ccc(C(=O)NCc2cc(Br)ccc2F)cc1. The van der Waals surface area contributed by atoms with Gasteiger partial charge in [-0.1, -0.05) is 15.9 Å². The third kappa shape index (κ3) is 4.14. The second kappa shape index (κ2) is 6.58. The number of amides is 1. The Morgan fingerprint density at radius 1 is 1.18 bits per heavy atom. The maximum absolute atomic E-state index is 13.6. The summed E-state index contributed by atoms with van der Waals surface area (Å²) < 4.78 is 37.0. The van der Waals surface area contributed by atoms with Gasteiger partial charge in [0.1, 0.15) is 5.82 Å². The van der Waals surface area contributed by atoms with E-state index in [0.29, 0.717) is 11.1 Å². The van der Waals surface area contributed by atoms with Crippen LogP contribution in [0, 0.1) is 5.82 Å². The summed E-state index contributed by atoms with van der Waals surface area (Å²) in [5.41, 5.74) is 0.665. The Balaban J connectivity index is 2.08. The van der Waals surface area contributed by atoms with Crippen LogP contribution in [0.5, 0.6) is 0 Å². The molecule has 0 unspecified atom stereocenters. The summed E-state index contributed by atoms with van der Waals surface area (Å²) >= 11 is 3.24. The summed E-state index contributed by atoms with van der Waals surface area (Å²) in [6.45, 7) is 0.0396. The first-order valence-corrected chi connectivity index (χ1v) is 8.98. The predicted molar refractivity (Wildman–Crippen MR) is 84.8 cm³/mol. The van der Waals surface area contributed by atoms with Crippen LogP contribution in [-0.2, 0) is 16.4 Å². The van der Waals surface area contributed by atoms with Crippen molar-refractivity contribution < 1.29 is 17.6 Å². The molecular formula is C15H13BrFNO3S. The highest BCUT2D eigenvalue weighted by atomic mass is 79.9. The van der Waals surface area contributed by atoms with E-state index in [0.717, 1.165) is 10.7 Å². The van der Waals surface area contributed by atoms with Gasteiger partial charge in [0.2, 0.25) is 0 Å². The van der Waals surface area contributed by atoms with Crippen LogP contribution in [0.3, 0.4) is 0 Å². The van der Waals surface area contributed by atoms with Crippen LogP contribution in [-0.4, -0.2) is 20.6 Å². The van der Waals surface area contributed by atoms with E-state index in [1.54, 1.807) is 12.1 Å². The van der Waals surface area contributed by atoms with E-state index in [2.05, 4.69) is 21.2 Å². The molecule has 4 nitrogen and oxygen atoms in total. The lowest BCUT2D eigenvalue weighted by Gasteiger charge is -2.07. The smallest absolute Gasteiger partial charge is 0.251 e. The lowest BCUT2D eigenvalue weighted by Crippen LogP contribution is -2.23. The first-order chi connectivity index (χ1) is 10.3. The van der Waals surface area contributed by atoms with Crippen molar-refractivity contribution in [1.82, 2.24) is 5.32 Å². The third-order valence-corrected chi connectivity index (χ3v) is 4.61. The van der Waals surface area contributed by atoms with Crippen LogP contribution in [0.1, 0.15) is 15.9 Å². The average Bonchev–Trinajstić information content (AvgIpc) is 2.47. The Bertz CT molecular complexity index is 804. The highest BCUT2D eigenvalue weighted by Crippen LogP contribution is 2.16. The summed E-state index contributed by atoms with van der Waals surface area (Å²) in [5.74, 6) is -0.810. The quantitative estimate of drug-likeness (QED) is 0.879. The second-order valence-corrected chi connectivity index (χ2v) is 7.65. The molecule has 0 saturated carbocycles. The Hall–Kier alpha value is -1.73. The molecule has 2 rings (SSSR count). The van der Waals surface area contributed by atoms with E-state index in [9.17, 15) is 17.6 Å². The number of rotatable bonds is 4. The van der Waals surface area contributed by atoms with E-state index in [-0.39, 0.29) is 11.4 Å². The number of sulfone groups is 1. The molecule has 0 fully saturated rings. The summed E-state index contributed by atoms with van der Waals surface area (Å²) in [6.07, 6.45) is 1.10. The second-order valence-electron chi connectivity index (χ2n) is 4.71. The fourth-order valence-corrected chi connectivity index (χ4v) is 2.85. The van der Waals surface area contributed by atoms with Crippen LogP contribution in [0.15, 0.2) is 51.8 Å². The molecular weight excluding hydrogens is 373 g/mol. The molecule has 2 aromatic rings. The van der Waals surface area contributed by atoms with Gasteiger partial charge in [-0.05, 0) is 42.5 Å². The van der Waals surface area contributed by atoms with Crippen LogP contribution in [0.25, 0.3) is 0 Å². The van der Waals surface area contributed by atoms with Crippen molar-refractivity contribution in [2.24, 2.45) is 0 Å². The van der Waals surface area contributed by atoms with Crippen LogP contribution in [0.2, 0.25) is 0 Å². The van der Waals surface area contributed by atoms with Crippen molar-refractivity contribution in [1.29, 1.82) is 0 Å². The van der Waals surface area contributed by atoms with Gasteiger partial charge in [0.15, 0.2) is 9.84 Å². The van der Waals surface area contributed by atoms with Gasteiger partial charge in [-0.3, -0.25) is 4.79 Å². The van der Waals surface area contributed by atoms with Gasteiger partial charge in [0.25, 0.3) is 5.91 Å². The Kier molecular flexibility index (Phi) is 4.97. The minimum absolute atomic E-state index is 0.0396. The van der Waals surface area contributed by atoms with Gasteiger partial charge in [0, 0.05) is 28.4 Å². The van der Waals surface area contributed by atoms with Gasteiger partial charge >= 0.3 is 0 Å². The first kappa shape index (κ1) is 16.6. The zero-order chi connectivity index (χ0) is 16.3. The summed E-state index contributed by atoms with van der Waals surface area (Å²) in [6, 6.07) is 10.0. The first-order valence-electron chi connectivity index (χ1n) is 6.29. The molecule has 1 amide bonds. The normalized spacial score (nSPS) is 11.2. The minimum atomic E-state index is -3.30. The zero-order valence-corrected chi connectivity index (χ0v) is 14.0. The van der Waals surface area contributed by atoms with E-state index in [1.807, 2.05) is 0 Å². The molecule has 116 valence electrons. The molecule has 0 aliphatic heterocycles. The van der Waals surface area contributed by atoms with Crippen LogP contribution < -0.4 is 5.32 Å². The highest BCUT2D eigenvalue weighted by Gasteiger charge is 2.10. The topological polar surface area (TPSA) is 63.2 Å². The molecule has 0 saturated heterocycles. The number of carbonyl (C=O) groups is 1. The van der Waals surface area contributed by atoms with E-state index in [4.69, 9.17) is 0 Å². The number of benzene rings is 2. The minimum Gasteiger partial charge on any atom is -0.348 e. The number of carbonyl (C=O) groups excluding carboxylic acids is 1.